The first-order chi connectivity index (χ1) is 39.7. The summed E-state index contributed by atoms with van der Waals surface area (Å²) in [5.74, 6) is -10.8. The number of allylic oxidation sites excluding steroid dienone is 1. The number of ether oxygens (including phenoxy) is 8. The van der Waals surface area contributed by atoms with Gasteiger partial charge in [-0.25, -0.2) is 0 Å². The number of esters is 4. The second-order valence-electron chi connectivity index (χ2n) is 21.1. The third kappa shape index (κ3) is 34.3. The molecular weight excluding hydrogens is 1130 g/mol. The van der Waals surface area contributed by atoms with E-state index in [0.717, 1.165) is 109 Å². The van der Waals surface area contributed by atoms with Crippen molar-refractivity contribution in [2.45, 2.75) is 243 Å². The van der Waals surface area contributed by atoms with Gasteiger partial charge in [-0.3, -0.25) is 39.3 Å². The molecule has 84 heavy (non-hydrogen) atoms. The minimum atomic E-state index is -3.40. The molecule has 2 saturated heterocycles. The van der Waals surface area contributed by atoms with Crippen molar-refractivity contribution in [3.05, 3.63) is 22.1 Å². The number of aldehydes is 1. The molecule has 2 aliphatic carbocycles. The summed E-state index contributed by atoms with van der Waals surface area (Å²) in [4.78, 5) is 95.2. The number of carbonyl (C=O) groups is 7. The van der Waals surface area contributed by atoms with Crippen LogP contribution in [0.25, 0.3) is 0 Å². The van der Waals surface area contributed by atoms with Gasteiger partial charge in [-0.15, -0.1) is 0 Å². The molecule has 0 spiro atoms. The van der Waals surface area contributed by atoms with E-state index in [0.29, 0.717) is 64.6 Å². The predicted octanol–water partition coefficient (Wildman–Crippen LogP) is 9.36. The summed E-state index contributed by atoms with van der Waals surface area (Å²) in [5.41, 5.74) is 0. The Bertz CT molecular complexity index is 1850. The van der Waals surface area contributed by atoms with E-state index in [1.807, 2.05) is 6.92 Å². The van der Waals surface area contributed by atoms with E-state index in [2.05, 4.69) is 9.47 Å². The largest absolute Gasteiger partial charge is 1.00 e. The standard InChI is InChI=1S/C28H44F2O7.C21H34O7.C9H17F2O2P.Li.H2O2.O2.H/c1-4-5-17-28(29,30)25(32)16-15-22-21(12-8-6-7-9-13-26(33)34-3)23(36-20(2)31)19-24(22)37-27-14-10-11-18-35-27;1-15(23)27-18-13-19(28-21-11-7-8-12-26-21)17(14-22)16(18)9-5-3-4-6-10-20(24)25-2;1-4-5-6-9(10,11)8(12)7-14(3)13-2;;2*1-2;/h15-16,21-24,27H,4-14,17-19H2,1-3H3;14,16-19,21H,3-13H2,1-2H3;4-7H2,1-3H3;;1-2H;;/q;;;+1;;;-1/b16-15+;;;;;;/t21-,22-,23+,24-,27?;16-,17-,18+,19-,21?;;;;;/m11...../s1. The van der Waals surface area contributed by atoms with Gasteiger partial charge in [0.2, 0.25) is 11.6 Å². The molecule has 0 aromatic heterocycles. The zero-order valence-corrected chi connectivity index (χ0v) is 52.1. The van der Waals surface area contributed by atoms with Crippen molar-refractivity contribution >= 4 is 49.9 Å². The number of hydrogen-bond donors (Lipinski definition) is 2. The van der Waals surface area contributed by atoms with Crippen LogP contribution >= 0.6 is 8.15 Å². The summed E-state index contributed by atoms with van der Waals surface area (Å²) in [7, 11) is 3.17. The van der Waals surface area contributed by atoms with Crippen molar-refractivity contribution in [2.75, 3.05) is 47.4 Å². The molecule has 2 saturated carbocycles. The number of ketones is 2. The minimum Gasteiger partial charge on any atom is -1.00 e. The number of hydrogen-bond acceptors (Lipinski definition) is 20. The maximum atomic E-state index is 14.3. The number of carbonyl (C=O) groups excluding carboxylic acids is 7. The summed E-state index contributed by atoms with van der Waals surface area (Å²) in [5, 5.41) is 12.0. The zero-order valence-electron chi connectivity index (χ0n) is 52.2. The van der Waals surface area contributed by atoms with Crippen molar-refractivity contribution in [3.8, 4) is 0 Å². The molecule has 4 fully saturated rings. The van der Waals surface area contributed by atoms with Crippen LogP contribution in [0.4, 0.5) is 17.6 Å². The first-order valence-corrected chi connectivity index (χ1v) is 31.2. The third-order valence-electron chi connectivity index (χ3n) is 14.8. The number of Topliss-reactive ketones (excluding diaryl/α,β-unsaturated/α-hetero) is 1. The molecule has 4 rings (SSSR count). The van der Waals surface area contributed by atoms with E-state index < -0.39 is 62.4 Å². The molecule has 0 radical (unpaired) electrons. The van der Waals surface area contributed by atoms with Crippen LogP contribution in [0.1, 0.15) is 196 Å². The summed E-state index contributed by atoms with van der Waals surface area (Å²) in [6.07, 6.45) is 18.1. The Labute approximate surface area is 508 Å². The number of unbranched alkanes of at least 4 members (excludes halogenated alkanes) is 8. The zero-order chi connectivity index (χ0) is 62.8. The van der Waals surface area contributed by atoms with Gasteiger partial charge in [-0.2, -0.15) is 17.6 Å². The molecule has 2 heterocycles. The molecule has 0 aromatic rings. The summed E-state index contributed by atoms with van der Waals surface area (Å²) >= 11 is 0. The predicted molar refractivity (Wildman–Crippen MR) is 303 cm³/mol. The van der Waals surface area contributed by atoms with Crippen molar-refractivity contribution in [3.63, 3.8) is 0 Å². The Morgan fingerprint density at radius 2 is 1.04 bits per heavy atom. The fourth-order valence-electron chi connectivity index (χ4n) is 10.4. The number of rotatable bonds is 34. The van der Waals surface area contributed by atoms with Gasteiger partial charge in [0.25, 0.3) is 0 Å². The van der Waals surface area contributed by atoms with Crippen LogP contribution in [0.3, 0.4) is 0 Å². The second kappa shape index (κ2) is 48.7. The number of methoxy groups -OCH3 is 2. The summed E-state index contributed by atoms with van der Waals surface area (Å²) < 4.78 is 104. The molecule has 26 heteroatoms. The molecule has 3 unspecified atom stereocenters. The average Bonchev–Trinajstić information content (AvgIpc) is 2.72. The van der Waals surface area contributed by atoms with E-state index in [-0.39, 0.29) is 99.4 Å². The monoisotopic (exact) mass is 1230 g/mol. The summed E-state index contributed by atoms with van der Waals surface area (Å²) in [6, 6.07) is 0. The quantitative estimate of drug-likeness (QED) is 0.00580. The Kier molecular flexibility index (Phi) is 48.0. The molecule has 11 atom stereocenters. The van der Waals surface area contributed by atoms with Crippen LogP contribution in [0.15, 0.2) is 12.2 Å². The number of halogens is 4. The maximum absolute atomic E-state index is 14.3. The Morgan fingerprint density at radius 1 is 0.619 bits per heavy atom. The molecular formula is C58H98F4LiO20P. The molecule has 20 nitrogen and oxygen atoms in total. The van der Waals surface area contributed by atoms with Gasteiger partial charge < -0.3 is 48.6 Å². The maximum Gasteiger partial charge on any atom is 1.00 e. The van der Waals surface area contributed by atoms with Crippen molar-refractivity contribution in [2.24, 2.45) is 23.7 Å². The topological polar surface area (TPSA) is 277 Å². The Hall–Kier alpha value is -3.30. The van der Waals surface area contributed by atoms with Gasteiger partial charge in [0.15, 0.2) is 12.6 Å². The van der Waals surface area contributed by atoms with Crippen LogP contribution in [-0.4, -0.2) is 148 Å². The van der Waals surface area contributed by atoms with Crippen molar-refractivity contribution in [1.29, 1.82) is 0 Å². The van der Waals surface area contributed by atoms with Gasteiger partial charge >= 0.3 is 54.6 Å². The van der Waals surface area contributed by atoms with E-state index in [1.54, 1.807) is 19.7 Å². The second-order valence-corrected chi connectivity index (χ2v) is 23.1. The molecule has 0 aromatic carbocycles. The van der Waals surface area contributed by atoms with Gasteiger partial charge in [-0.1, -0.05) is 71.3 Å². The third-order valence-corrected chi connectivity index (χ3v) is 16.2. The van der Waals surface area contributed by atoms with Gasteiger partial charge in [0, 0.05) is 114 Å². The smallest absolute Gasteiger partial charge is 1.00 e. The average molecular weight is 1230 g/mol. The van der Waals surface area contributed by atoms with E-state index in [1.165, 1.54) is 35.2 Å². The Morgan fingerprint density at radius 3 is 1.42 bits per heavy atom. The van der Waals surface area contributed by atoms with Gasteiger partial charge in [0.1, 0.15) is 18.5 Å². The Balaban J connectivity index is -0.00000124. The number of alkyl halides is 4. The minimum absolute atomic E-state index is 0. The van der Waals surface area contributed by atoms with Crippen molar-refractivity contribution < 1.29 is 124 Å². The molecule has 0 bridgehead atoms. The fourth-order valence-corrected chi connectivity index (χ4v) is 11.1. The van der Waals surface area contributed by atoms with Crippen LogP contribution < -0.4 is 18.9 Å². The SMILES string of the molecule is CCCCC(F)(F)C(=O)/C=C/[C@@H]1[C@@H](CCCCCCC(=O)OC)[C@@H](OC(C)=O)C[C@H]1OC1CCCCO1.CCCCC(F)(F)C(=O)CP(C)OC.COC(=O)CCCCCC[C@@H]1[C@@H](C=O)[C@H](OC2CCCCO2)C[C@@H]1OC(C)=O.O=O.OO.[H-].[Li+]. The summed E-state index contributed by atoms with van der Waals surface area (Å²) in [6.45, 7) is 9.34. The molecule has 0 amide bonds. The van der Waals surface area contributed by atoms with Gasteiger partial charge in [-0.05, 0) is 89.8 Å². The molecule has 2 N–H and O–H groups in total. The van der Waals surface area contributed by atoms with E-state index >= 15 is 0 Å². The van der Waals surface area contributed by atoms with Crippen molar-refractivity contribution in [1.82, 2.24) is 0 Å². The molecule has 484 valence electrons. The van der Waals surface area contributed by atoms with Crippen LogP contribution in [0, 0.1) is 33.6 Å². The molecule has 2 aliphatic heterocycles. The fraction of sp³-hybridized carbons (Fsp3) is 0.845. The first kappa shape index (κ1) is 82.8. The van der Waals surface area contributed by atoms with Crippen LogP contribution in [0.2, 0.25) is 0 Å². The van der Waals surface area contributed by atoms with Crippen LogP contribution in [0.5, 0.6) is 0 Å². The normalized spacial score (nSPS) is 24.1. The van der Waals surface area contributed by atoms with Gasteiger partial charge in [0.05, 0.1) is 32.6 Å². The molecule has 4 aliphatic rings. The van der Waals surface area contributed by atoms with E-state index in [4.69, 9.17) is 53.4 Å². The van der Waals surface area contributed by atoms with Crippen LogP contribution in [-0.2, 0) is 76.0 Å². The first-order valence-electron chi connectivity index (χ1n) is 29.3. The van der Waals surface area contributed by atoms with E-state index in [9.17, 15) is 51.1 Å².